The Bertz CT molecular complexity index is 776. The third kappa shape index (κ3) is 8.46. The number of ether oxygens (including phenoxy) is 1. The van der Waals surface area contributed by atoms with Crippen molar-refractivity contribution in [1.82, 2.24) is 15.1 Å². The maximum atomic E-state index is 5.48. The molecule has 0 unspecified atom stereocenters. The topological polar surface area (TPSA) is 53.2 Å². The summed E-state index contributed by atoms with van der Waals surface area (Å²) in [5.41, 5.74) is 2.61. The number of hydrogen-bond donors (Lipinski definition) is 1. The second-order valence-corrected chi connectivity index (χ2v) is 8.19. The highest BCUT2D eigenvalue weighted by Gasteiger charge is 2.16. The molecule has 1 fully saturated rings. The average molecular weight is 540 g/mol. The molecule has 0 atom stereocenters. The third-order valence-electron chi connectivity index (χ3n) is 5.79. The van der Waals surface area contributed by atoms with Gasteiger partial charge in [-0.1, -0.05) is 24.3 Å². The molecule has 1 aromatic carbocycles. The molecule has 1 aliphatic rings. The van der Waals surface area contributed by atoms with Gasteiger partial charge in [0, 0.05) is 46.9 Å². The molecule has 0 saturated carbocycles. The van der Waals surface area contributed by atoms with E-state index in [0.717, 1.165) is 57.0 Å². The summed E-state index contributed by atoms with van der Waals surface area (Å²) < 4.78 is 10.9. The molecule has 1 saturated heterocycles. The predicted octanol–water partition coefficient (Wildman–Crippen LogP) is 4.35. The molecule has 31 heavy (non-hydrogen) atoms. The first-order chi connectivity index (χ1) is 14.7. The van der Waals surface area contributed by atoms with Crippen LogP contribution in [0.2, 0.25) is 0 Å². The van der Waals surface area contributed by atoms with Crippen LogP contribution >= 0.6 is 24.0 Å². The van der Waals surface area contributed by atoms with Crippen molar-refractivity contribution in [2.45, 2.75) is 38.9 Å². The number of nitrogens with one attached hydrogen (secondary N) is 1. The van der Waals surface area contributed by atoms with Gasteiger partial charge in [0.1, 0.15) is 5.76 Å². The van der Waals surface area contributed by atoms with Crippen LogP contribution < -0.4 is 5.32 Å². The molecule has 3 rings (SSSR count). The number of halogens is 1. The smallest absolute Gasteiger partial charge is 0.193 e. The van der Waals surface area contributed by atoms with Gasteiger partial charge in [-0.05, 0) is 55.5 Å². The summed E-state index contributed by atoms with van der Waals surface area (Å²) in [6.07, 6.45) is 5.28. The Morgan fingerprint density at radius 3 is 2.48 bits per heavy atom. The van der Waals surface area contributed by atoms with Crippen LogP contribution in [0.4, 0.5) is 0 Å². The molecular weight excluding hydrogens is 503 g/mol. The van der Waals surface area contributed by atoms with Crippen LogP contribution in [0.5, 0.6) is 0 Å². The van der Waals surface area contributed by atoms with Crippen LogP contribution in [0.1, 0.15) is 36.1 Å². The van der Waals surface area contributed by atoms with E-state index in [1.807, 2.05) is 19.2 Å². The van der Waals surface area contributed by atoms with E-state index < -0.39 is 0 Å². The van der Waals surface area contributed by atoms with Gasteiger partial charge in [0.25, 0.3) is 0 Å². The fourth-order valence-electron chi connectivity index (χ4n) is 3.98. The quantitative estimate of drug-likeness (QED) is 0.291. The van der Waals surface area contributed by atoms with Crippen molar-refractivity contribution in [1.29, 1.82) is 0 Å². The molecule has 6 nitrogen and oxygen atoms in total. The van der Waals surface area contributed by atoms with Crippen LogP contribution in [0.25, 0.3) is 0 Å². The molecule has 0 aliphatic carbocycles. The number of guanidine groups is 1. The Balaban J connectivity index is 0.00000341. The van der Waals surface area contributed by atoms with Gasteiger partial charge in [0.05, 0.1) is 12.8 Å². The summed E-state index contributed by atoms with van der Waals surface area (Å²) in [7, 11) is 6.10. The van der Waals surface area contributed by atoms with Crippen molar-refractivity contribution < 1.29 is 9.15 Å². The van der Waals surface area contributed by atoms with Crippen LogP contribution in [-0.2, 0) is 24.4 Å². The largest absolute Gasteiger partial charge is 0.468 e. The standard InChI is InChI=1S/C24H36N4O2.HI/c1-25-24(28(3)13-10-20-11-15-29-16-12-20)26-17-21-7-4-5-8-22(21)18-27(2)19-23-9-6-14-30-23;/h4-9,14,20H,10-13,15-19H2,1-3H3,(H,25,26);1H. The summed E-state index contributed by atoms with van der Waals surface area (Å²) >= 11 is 0. The molecule has 0 radical (unpaired) electrons. The maximum Gasteiger partial charge on any atom is 0.193 e. The Kier molecular flexibility index (Phi) is 11.4. The lowest BCUT2D eigenvalue weighted by atomic mass is 9.96. The SMILES string of the molecule is CN=C(NCc1ccccc1CN(C)Cc1ccco1)N(C)CCC1CCOCC1.I. The normalized spacial score (nSPS) is 15.0. The minimum Gasteiger partial charge on any atom is -0.468 e. The third-order valence-corrected chi connectivity index (χ3v) is 5.79. The van der Waals surface area contributed by atoms with Crippen molar-refractivity contribution >= 4 is 29.9 Å². The Morgan fingerprint density at radius 2 is 1.81 bits per heavy atom. The Labute approximate surface area is 204 Å². The second-order valence-electron chi connectivity index (χ2n) is 8.19. The highest BCUT2D eigenvalue weighted by molar-refractivity contribution is 14.0. The fraction of sp³-hybridized carbons (Fsp3) is 0.542. The number of nitrogens with zero attached hydrogens (tertiary/aromatic N) is 3. The summed E-state index contributed by atoms with van der Waals surface area (Å²) in [6, 6.07) is 12.6. The average Bonchev–Trinajstić information content (AvgIpc) is 3.27. The second kappa shape index (κ2) is 13.8. The first kappa shape index (κ1) is 25.7. The van der Waals surface area contributed by atoms with E-state index in [9.17, 15) is 0 Å². The van der Waals surface area contributed by atoms with Crippen molar-refractivity contribution in [2.24, 2.45) is 10.9 Å². The van der Waals surface area contributed by atoms with Crippen molar-refractivity contribution in [3.63, 3.8) is 0 Å². The van der Waals surface area contributed by atoms with Crippen molar-refractivity contribution in [2.75, 3.05) is 40.9 Å². The van der Waals surface area contributed by atoms with E-state index in [4.69, 9.17) is 9.15 Å². The highest BCUT2D eigenvalue weighted by Crippen LogP contribution is 2.18. The van der Waals surface area contributed by atoms with E-state index in [1.54, 1.807) is 6.26 Å². The summed E-state index contributed by atoms with van der Waals surface area (Å²) in [5.74, 6) is 2.70. The Morgan fingerprint density at radius 1 is 1.06 bits per heavy atom. The molecule has 0 amide bonds. The Hall–Kier alpha value is -1.58. The van der Waals surface area contributed by atoms with Crippen molar-refractivity contribution in [3.8, 4) is 0 Å². The van der Waals surface area contributed by atoms with Crippen LogP contribution in [0, 0.1) is 5.92 Å². The van der Waals surface area contributed by atoms with Crippen molar-refractivity contribution in [3.05, 3.63) is 59.5 Å². The van der Waals surface area contributed by atoms with E-state index in [1.165, 1.54) is 30.4 Å². The fourth-order valence-corrected chi connectivity index (χ4v) is 3.98. The molecule has 0 spiro atoms. The molecule has 1 N–H and O–H groups in total. The summed E-state index contributed by atoms with van der Waals surface area (Å²) in [6.45, 7) is 5.26. The zero-order valence-corrected chi connectivity index (χ0v) is 21.4. The van der Waals surface area contributed by atoms with Crippen LogP contribution in [0.3, 0.4) is 0 Å². The highest BCUT2D eigenvalue weighted by atomic mass is 127. The predicted molar refractivity (Wildman–Crippen MR) is 137 cm³/mol. The van der Waals surface area contributed by atoms with Crippen LogP contribution in [0.15, 0.2) is 52.1 Å². The van der Waals surface area contributed by atoms with E-state index >= 15 is 0 Å². The maximum absolute atomic E-state index is 5.48. The number of rotatable bonds is 9. The van der Waals surface area contributed by atoms with Gasteiger partial charge >= 0.3 is 0 Å². The molecule has 172 valence electrons. The molecule has 1 aliphatic heterocycles. The summed E-state index contributed by atoms with van der Waals surface area (Å²) in [5, 5.41) is 3.55. The number of furan rings is 1. The molecule has 1 aromatic heterocycles. The lowest BCUT2D eigenvalue weighted by molar-refractivity contribution is 0.0625. The first-order valence-electron chi connectivity index (χ1n) is 10.9. The lowest BCUT2D eigenvalue weighted by Crippen LogP contribution is -2.39. The molecule has 2 aromatic rings. The monoisotopic (exact) mass is 540 g/mol. The summed E-state index contributed by atoms with van der Waals surface area (Å²) in [4.78, 5) is 9.00. The number of aliphatic imine (C=N–C) groups is 1. The number of benzene rings is 1. The van der Waals surface area contributed by atoms with Gasteiger partial charge in [0.2, 0.25) is 0 Å². The van der Waals surface area contributed by atoms with Gasteiger partial charge in [-0.25, -0.2) is 0 Å². The van der Waals surface area contributed by atoms with Gasteiger partial charge < -0.3 is 19.4 Å². The van der Waals surface area contributed by atoms with Gasteiger partial charge in [-0.15, -0.1) is 24.0 Å². The lowest BCUT2D eigenvalue weighted by Gasteiger charge is -2.27. The molecule has 0 bridgehead atoms. The minimum atomic E-state index is 0. The molecular formula is C24H37IN4O2. The van der Waals surface area contributed by atoms with E-state index in [2.05, 4.69) is 58.5 Å². The van der Waals surface area contributed by atoms with Crippen LogP contribution in [-0.4, -0.2) is 56.7 Å². The zero-order valence-electron chi connectivity index (χ0n) is 19.0. The van der Waals surface area contributed by atoms with Gasteiger partial charge in [0.15, 0.2) is 5.96 Å². The minimum absolute atomic E-state index is 0. The first-order valence-corrected chi connectivity index (χ1v) is 10.9. The van der Waals surface area contributed by atoms with E-state index in [-0.39, 0.29) is 24.0 Å². The van der Waals surface area contributed by atoms with Gasteiger partial charge in [-0.2, -0.15) is 0 Å². The molecule has 2 heterocycles. The number of hydrogen-bond acceptors (Lipinski definition) is 4. The molecule has 7 heteroatoms. The van der Waals surface area contributed by atoms with E-state index in [0.29, 0.717) is 0 Å². The van der Waals surface area contributed by atoms with Gasteiger partial charge in [-0.3, -0.25) is 9.89 Å². The zero-order chi connectivity index (χ0) is 21.2.